The third kappa shape index (κ3) is 3.95. The fourth-order valence-electron chi connectivity index (χ4n) is 3.67. The summed E-state index contributed by atoms with van der Waals surface area (Å²) in [5, 5.41) is 3.03. The van der Waals surface area contributed by atoms with Crippen LogP contribution in [0.15, 0.2) is 24.3 Å². The van der Waals surface area contributed by atoms with Crippen LogP contribution in [-0.2, 0) is 9.59 Å². The molecule has 0 aromatic heterocycles. The van der Waals surface area contributed by atoms with Crippen LogP contribution in [0.5, 0.6) is 5.75 Å². The molecule has 2 aliphatic rings. The molecular weight excluding hydrogens is 318 g/mol. The fourth-order valence-corrected chi connectivity index (χ4v) is 3.67. The monoisotopic (exact) mass is 345 g/mol. The van der Waals surface area contributed by atoms with E-state index in [0.29, 0.717) is 31.3 Å². The van der Waals surface area contributed by atoms with Crippen molar-refractivity contribution in [2.24, 2.45) is 0 Å². The predicted octanol–water partition coefficient (Wildman–Crippen LogP) is 1.79. The van der Waals surface area contributed by atoms with Crippen molar-refractivity contribution in [1.29, 1.82) is 0 Å². The molecular formula is C19H27N3O3. The molecule has 6 heteroatoms. The summed E-state index contributed by atoms with van der Waals surface area (Å²) in [5.74, 6) is 0.589. The summed E-state index contributed by atoms with van der Waals surface area (Å²) in [4.78, 5) is 28.7. The van der Waals surface area contributed by atoms with Gasteiger partial charge in [0.2, 0.25) is 5.91 Å². The molecule has 1 aromatic carbocycles. The van der Waals surface area contributed by atoms with E-state index in [2.05, 4.69) is 17.1 Å². The lowest BCUT2D eigenvalue weighted by molar-refractivity contribution is -0.125. The first-order valence-electron chi connectivity index (χ1n) is 9.18. The normalized spacial score (nSPS) is 23.3. The number of nitrogens with zero attached hydrogens (tertiary/aromatic N) is 2. The number of carbonyl (C=O) groups excluding carboxylic acids is 2. The SMILES string of the molecule is CCN1CCCC1CNC(=O)CCN1C(=O)C(C)Oc2ccccc21. The van der Waals surface area contributed by atoms with Crippen molar-refractivity contribution in [3.63, 3.8) is 0 Å². The number of benzene rings is 1. The van der Waals surface area contributed by atoms with E-state index >= 15 is 0 Å². The number of anilines is 1. The average molecular weight is 345 g/mol. The van der Waals surface area contributed by atoms with Gasteiger partial charge in [0, 0.05) is 25.6 Å². The van der Waals surface area contributed by atoms with E-state index in [9.17, 15) is 9.59 Å². The number of fused-ring (bicyclic) bond motifs is 1. The Hall–Kier alpha value is -2.08. The highest BCUT2D eigenvalue weighted by atomic mass is 16.5. The highest BCUT2D eigenvalue weighted by Gasteiger charge is 2.31. The van der Waals surface area contributed by atoms with E-state index in [4.69, 9.17) is 4.74 Å². The van der Waals surface area contributed by atoms with Crippen LogP contribution in [0, 0.1) is 0 Å². The molecule has 1 fully saturated rings. The smallest absolute Gasteiger partial charge is 0.267 e. The summed E-state index contributed by atoms with van der Waals surface area (Å²) in [7, 11) is 0. The van der Waals surface area contributed by atoms with E-state index in [-0.39, 0.29) is 11.8 Å². The lowest BCUT2D eigenvalue weighted by Gasteiger charge is -2.32. The van der Waals surface area contributed by atoms with Crippen LogP contribution in [0.2, 0.25) is 0 Å². The van der Waals surface area contributed by atoms with Gasteiger partial charge < -0.3 is 15.0 Å². The zero-order chi connectivity index (χ0) is 17.8. The number of likely N-dealkylation sites (tertiary alicyclic amines) is 1. The van der Waals surface area contributed by atoms with E-state index in [1.54, 1.807) is 11.8 Å². The Morgan fingerprint density at radius 3 is 2.96 bits per heavy atom. The number of hydrogen-bond donors (Lipinski definition) is 1. The van der Waals surface area contributed by atoms with Crippen molar-refractivity contribution in [2.75, 3.05) is 31.1 Å². The second-order valence-electron chi connectivity index (χ2n) is 6.70. The van der Waals surface area contributed by atoms with Crippen LogP contribution in [0.4, 0.5) is 5.69 Å². The van der Waals surface area contributed by atoms with Crippen molar-refractivity contribution in [3.05, 3.63) is 24.3 Å². The summed E-state index contributed by atoms with van der Waals surface area (Å²) < 4.78 is 5.62. The number of ether oxygens (including phenoxy) is 1. The molecule has 1 saturated heterocycles. The third-order valence-electron chi connectivity index (χ3n) is 5.08. The quantitative estimate of drug-likeness (QED) is 0.854. The fraction of sp³-hybridized carbons (Fsp3) is 0.579. The zero-order valence-electron chi connectivity index (χ0n) is 15.0. The molecule has 25 heavy (non-hydrogen) atoms. The minimum atomic E-state index is -0.519. The highest BCUT2D eigenvalue weighted by molar-refractivity contribution is 6.00. The molecule has 2 unspecified atom stereocenters. The van der Waals surface area contributed by atoms with E-state index in [0.717, 1.165) is 25.2 Å². The van der Waals surface area contributed by atoms with Gasteiger partial charge in [-0.05, 0) is 45.0 Å². The largest absolute Gasteiger partial charge is 0.479 e. The number of hydrogen-bond acceptors (Lipinski definition) is 4. The van der Waals surface area contributed by atoms with Gasteiger partial charge in [0.25, 0.3) is 5.91 Å². The predicted molar refractivity (Wildman–Crippen MR) is 96.8 cm³/mol. The number of carbonyl (C=O) groups is 2. The number of nitrogens with one attached hydrogen (secondary N) is 1. The van der Waals surface area contributed by atoms with Gasteiger partial charge in [-0.3, -0.25) is 14.5 Å². The maximum atomic E-state index is 12.4. The van der Waals surface area contributed by atoms with Crippen molar-refractivity contribution < 1.29 is 14.3 Å². The summed E-state index contributed by atoms with van der Waals surface area (Å²) in [6.07, 6.45) is 2.12. The molecule has 0 bridgehead atoms. The van der Waals surface area contributed by atoms with Crippen LogP contribution >= 0.6 is 0 Å². The molecule has 0 spiro atoms. The minimum Gasteiger partial charge on any atom is -0.479 e. The Morgan fingerprint density at radius 1 is 1.36 bits per heavy atom. The molecule has 2 amide bonds. The molecule has 136 valence electrons. The van der Waals surface area contributed by atoms with Crippen molar-refractivity contribution in [3.8, 4) is 5.75 Å². The Balaban J connectivity index is 1.54. The molecule has 0 radical (unpaired) electrons. The van der Waals surface area contributed by atoms with Crippen molar-refractivity contribution in [1.82, 2.24) is 10.2 Å². The van der Waals surface area contributed by atoms with Gasteiger partial charge in [0.1, 0.15) is 5.75 Å². The number of likely N-dealkylation sites (N-methyl/N-ethyl adjacent to an activating group) is 1. The summed E-state index contributed by atoms with van der Waals surface area (Å²) in [6, 6.07) is 7.91. The van der Waals surface area contributed by atoms with Crippen LogP contribution in [0.3, 0.4) is 0 Å². The van der Waals surface area contributed by atoms with Gasteiger partial charge in [0.15, 0.2) is 6.10 Å². The highest BCUT2D eigenvalue weighted by Crippen LogP contribution is 2.33. The number of rotatable bonds is 6. The second kappa shape index (κ2) is 7.87. The lowest BCUT2D eigenvalue weighted by atomic mass is 10.1. The molecule has 6 nitrogen and oxygen atoms in total. The van der Waals surface area contributed by atoms with Gasteiger partial charge in [-0.25, -0.2) is 0 Å². The summed E-state index contributed by atoms with van der Waals surface area (Å²) >= 11 is 0. The summed E-state index contributed by atoms with van der Waals surface area (Å²) in [5.41, 5.74) is 0.742. The van der Waals surface area contributed by atoms with Crippen molar-refractivity contribution >= 4 is 17.5 Å². The van der Waals surface area contributed by atoms with Gasteiger partial charge in [0.05, 0.1) is 5.69 Å². The zero-order valence-corrected chi connectivity index (χ0v) is 15.0. The van der Waals surface area contributed by atoms with E-state index in [1.807, 2.05) is 24.3 Å². The third-order valence-corrected chi connectivity index (χ3v) is 5.08. The first-order chi connectivity index (χ1) is 12.1. The molecule has 1 N–H and O–H groups in total. The summed E-state index contributed by atoms with van der Waals surface area (Å²) in [6.45, 7) is 7.10. The van der Waals surface area contributed by atoms with Gasteiger partial charge in [-0.1, -0.05) is 19.1 Å². The maximum Gasteiger partial charge on any atom is 0.267 e. The molecule has 2 atom stereocenters. The van der Waals surface area contributed by atoms with Crippen LogP contribution < -0.4 is 15.0 Å². The number of amides is 2. The Kier molecular flexibility index (Phi) is 5.58. The Labute approximate surface area is 149 Å². The van der Waals surface area contributed by atoms with Gasteiger partial charge >= 0.3 is 0 Å². The van der Waals surface area contributed by atoms with Gasteiger partial charge in [-0.15, -0.1) is 0 Å². The van der Waals surface area contributed by atoms with Crippen molar-refractivity contribution in [2.45, 2.75) is 45.3 Å². The van der Waals surface area contributed by atoms with Gasteiger partial charge in [-0.2, -0.15) is 0 Å². The molecule has 1 aromatic rings. The molecule has 0 saturated carbocycles. The average Bonchev–Trinajstić information content (AvgIpc) is 3.08. The van der Waals surface area contributed by atoms with E-state index < -0.39 is 6.10 Å². The Morgan fingerprint density at radius 2 is 2.16 bits per heavy atom. The molecule has 0 aliphatic carbocycles. The topological polar surface area (TPSA) is 61.9 Å². The van der Waals surface area contributed by atoms with Crippen LogP contribution in [-0.4, -0.2) is 55.0 Å². The van der Waals surface area contributed by atoms with Crippen LogP contribution in [0.1, 0.15) is 33.1 Å². The second-order valence-corrected chi connectivity index (χ2v) is 6.70. The maximum absolute atomic E-state index is 12.4. The molecule has 3 rings (SSSR count). The minimum absolute atomic E-state index is 0.00706. The lowest BCUT2D eigenvalue weighted by Crippen LogP contribution is -2.46. The first-order valence-corrected chi connectivity index (χ1v) is 9.18. The molecule has 2 aliphatic heterocycles. The number of para-hydroxylation sites is 2. The molecule has 2 heterocycles. The Bertz CT molecular complexity index is 634. The van der Waals surface area contributed by atoms with Crippen LogP contribution in [0.25, 0.3) is 0 Å². The first kappa shape index (κ1) is 17.7. The van der Waals surface area contributed by atoms with E-state index in [1.165, 1.54) is 6.42 Å². The standard InChI is InChI=1S/C19H27N3O3/c1-3-21-11-6-7-15(21)13-20-18(23)10-12-22-16-8-4-5-9-17(16)25-14(2)19(22)24/h4-5,8-9,14-15H,3,6-7,10-13H2,1-2H3,(H,20,23).